The first-order valence-corrected chi connectivity index (χ1v) is 7.65. The van der Waals surface area contributed by atoms with Gasteiger partial charge in [-0.1, -0.05) is 11.6 Å². The zero-order valence-electron chi connectivity index (χ0n) is 11.5. The van der Waals surface area contributed by atoms with Crippen molar-refractivity contribution >= 4 is 34.6 Å². The topological polar surface area (TPSA) is 80.0 Å². The maximum atomic E-state index is 14.2. The van der Waals surface area contributed by atoms with Gasteiger partial charge in [-0.25, -0.2) is 18.9 Å². The monoisotopic (exact) mass is 352 g/mol. The Morgan fingerprint density at radius 1 is 1.43 bits per heavy atom. The van der Waals surface area contributed by atoms with E-state index in [1.165, 1.54) is 40.4 Å². The Balaban J connectivity index is 1.75. The summed E-state index contributed by atoms with van der Waals surface area (Å²) in [6.45, 7) is 0.480. The van der Waals surface area contributed by atoms with Crippen LogP contribution in [0.2, 0.25) is 4.47 Å². The van der Waals surface area contributed by atoms with E-state index in [4.69, 9.17) is 16.7 Å². The van der Waals surface area contributed by atoms with Crippen LogP contribution in [-0.2, 0) is 6.54 Å². The van der Waals surface area contributed by atoms with Crippen molar-refractivity contribution < 1.29 is 14.3 Å². The molecule has 3 aromatic rings. The number of carboxylic acid groups (broad SMARTS) is 1. The number of aromatic nitrogens is 3. The second-order valence-electron chi connectivity index (χ2n) is 4.55. The van der Waals surface area contributed by atoms with Crippen LogP contribution in [0.5, 0.6) is 0 Å². The van der Waals surface area contributed by atoms with Crippen molar-refractivity contribution in [1.82, 2.24) is 14.8 Å². The number of hydrogen-bond donors (Lipinski definition) is 2. The lowest BCUT2D eigenvalue weighted by Crippen LogP contribution is -2.04. The number of benzene rings is 1. The molecule has 0 radical (unpaired) electrons. The molecular formula is C14H10ClFN4O2S. The van der Waals surface area contributed by atoms with Gasteiger partial charge in [0.1, 0.15) is 5.69 Å². The molecular weight excluding hydrogens is 343 g/mol. The van der Waals surface area contributed by atoms with Gasteiger partial charge in [-0.05, 0) is 24.3 Å². The number of thiazole rings is 1. The van der Waals surface area contributed by atoms with E-state index in [-0.39, 0.29) is 11.4 Å². The third-order valence-corrected chi connectivity index (χ3v) is 4.11. The number of nitrogens with zero attached hydrogens (tertiary/aromatic N) is 3. The number of halogens is 2. The van der Waals surface area contributed by atoms with E-state index in [2.05, 4.69) is 15.4 Å². The second-order valence-corrected chi connectivity index (χ2v) is 6.25. The zero-order chi connectivity index (χ0) is 16.4. The SMILES string of the molecule is O=C(O)c1ccn(-c2ccc(NCc3cnc(Cl)s3)cc2F)n1. The van der Waals surface area contributed by atoms with Crippen LogP contribution in [0.1, 0.15) is 15.4 Å². The summed E-state index contributed by atoms with van der Waals surface area (Å²) >= 11 is 7.09. The first-order chi connectivity index (χ1) is 11.0. The number of hydrogen-bond acceptors (Lipinski definition) is 5. The van der Waals surface area contributed by atoms with Crippen molar-refractivity contribution in [2.75, 3.05) is 5.32 Å². The molecule has 0 saturated carbocycles. The molecule has 0 aliphatic rings. The van der Waals surface area contributed by atoms with E-state index >= 15 is 0 Å². The maximum Gasteiger partial charge on any atom is 0.356 e. The Bertz CT molecular complexity index is 864. The van der Waals surface area contributed by atoms with E-state index < -0.39 is 11.8 Å². The summed E-state index contributed by atoms with van der Waals surface area (Å²) in [5.41, 5.74) is 0.610. The normalized spacial score (nSPS) is 10.7. The van der Waals surface area contributed by atoms with Crippen LogP contribution in [0.25, 0.3) is 5.69 Å². The molecule has 0 spiro atoms. The summed E-state index contributed by atoms with van der Waals surface area (Å²) in [7, 11) is 0. The number of nitrogens with one attached hydrogen (secondary N) is 1. The number of carbonyl (C=O) groups is 1. The highest BCUT2D eigenvalue weighted by atomic mass is 35.5. The Morgan fingerprint density at radius 2 is 2.26 bits per heavy atom. The smallest absolute Gasteiger partial charge is 0.356 e. The highest BCUT2D eigenvalue weighted by molar-refractivity contribution is 7.15. The Labute approximate surface area is 139 Å². The van der Waals surface area contributed by atoms with Crippen LogP contribution in [-0.4, -0.2) is 25.8 Å². The summed E-state index contributed by atoms with van der Waals surface area (Å²) in [6, 6.07) is 5.83. The largest absolute Gasteiger partial charge is 0.476 e. The second kappa shape index (κ2) is 6.35. The Hall–Kier alpha value is -2.45. The van der Waals surface area contributed by atoms with Crippen molar-refractivity contribution in [3.8, 4) is 5.69 Å². The zero-order valence-corrected chi connectivity index (χ0v) is 13.1. The molecule has 3 rings (SSSR count). The van der Waals surface area contributed by atoms with Crippen LogP contribution in [0, 0.1) is 5.82 Å². The molecule has 0 atom stereocenters. The first-order valence-electron chi connectivity index (χ1n) is 6.46. The summed E-state index contributed by atoms with van der Waals surface area (Å²) < 4.78 is 15.8. The first kappa shape index (κ1) is 15.4. The molecule has 2 aromatic heterocycles. The van der Waals surface area contributed by atoms with Crippen LogP contribution in [0.15, 0.2) is 36.7 Å². The average Bonchev–Trinajstić information content (AvgIpc) is 3.14. The molecule has 0 fully saturated rings. The molecule has 0 amide bonds. The molecule has 0 aliphatic carbocycles. The molecule has 6 nitrogen and oxygen atoms in total. The highest BCUT2D eigenvalue weighted by Crippen LogP contribution is 2.21. The molecule has 9 heteroatoms. The van der Waals surface area contributed by atoms with Gasteiger partial charge in [0, 0.05) is 23.0 Å². The van der Waals surface area contributed by atoms with E-state index in [0.29, 0.717) is 16.7 Å². The lowest BCUT2D eigenvalue weighted by atomic mass is 10.2. The van der Waals surface area contributed by atoms with Gasteiger partial charge in [0.2, 0.25) is 0 Å². The van der Waals surface area contributed by atoms with E-state index in [9.17, 15) is 9.18 Å². The van der Waals surface area contributed by atoms with Gasteiger partial charge in [0.25, 0.3) is 0 Å². The fourth-order valence-corrected chi connectivity index (χ4v) is 2.85. The molecule has 2 N–H and O–H groups in total. The van der Waals surface area contributed by atoms with E-state index in [1.54, 1.807) is 12.3 Å². The minimum atomic E-state index is -1.16. The summed E-state index contributed by atoms with van der Waals surface area (Å²) in [5, 5.41) is 15.7. The minimum Gasteiger partial charge on any atom is -0.476 e. The van der Waals surface area contributed by atoms with Gasteiger partial charge in [-0.3, -0.25) is 0 Å². The molecule has 0 unspecified atom stereocenters. The van der Waals surface area contributed by atoms with Crippen LogP contribution in [0.3, 0.4) is 0 Å². The van der Waals surface area contributed by atoms with Crippen molar-refractivity contribution in [3.63, 3.8) is 0 Å². The van der Waals surface area contributed by atoms with Gasteiger partial charge in [0.15, 0.2) is 16.0 Å². The fraction of sp³-hybridized carbons (Fsp3) is 0.0714. The van der Waals surface area contributed by atoms with Crippen LogP contribution < -0.4 is 5.32 Å². The third kappa shape index (κ3) is 3.49. The molecule has 2 heterocycles. The lowest BCUT2D eigenvalue weighted by Gasteiger charge is -2.08. The number of anilines is 1. The maximum absolute atomic E-state index is 14.2. The average molecular weight is 353 g/mol. The summed E-state index contributed by atoms with van der Waals surface area (Å²) in [5.74, 6) is -1.68. The van der Waals surface area contributed by atoms with Gasteiger partial charge >= 0.3 is 5.97 Å². The van der Waals surface area contributed by atoms with Crippen LogP contribution in [0.4, 0.5) is 10.1 Å². The summed E-state index contributed by atoms with van der Waals surface area (Å²) in [6.07, 6.45) is 3.05. The highest BCUT2D eigenvalue weighted by Gasteiger charge is 2.11. The standard InChI is InChI=1S/C14H10ClFN4O2S/c15-14-18-7-9(23-14)6-17-8-1-2-12(10(16)5-8)20-4-3-11(19-20)13(21)22/h1-5,7,17H,6H2,(H,21,22). The van der Waals surface area contributed by atoms with Crippen molar-refractivity contribution in [2.24, 2.45) is 0 Å². The van der Waals surface area contributed by atoms with Crippen molar-refractivity contribution in [3.05, 3.63) is 57.5 Å². The molecule has 1 aromatic carbocycles. The number of carboxylic acids is 1. The van der Waals surface area contributed by atoms with Gasteiger partial charge in [-0.15, -0.1) is 11.3 Å². The molecule has 23 heavy (non-hydrogen) atoms. The van der Waals surface area contributed by atoms with Crippen LogP contribution >= 0.6 is 22.9 Å². The molecule has 0 saturated heterocycles. The van der Waals surface area contributed by atoms with Crippen molar-refractivity contribution in [2.45, 2.75) is 6.54 Å². The fourth-order valence-electron chi connectivity index (χ4n) is 1.93. The molecule has 118 valence electrons. The number of rotatable bonds is 5. The minimum absolute atomic E-state index is 0.145. The Kier molecular flexibility index (Phi) is 4.26. The molecule has 0 aliphatic heterocycles. The van der Waals surface area contributed by atoms with Gasteiger partial charge in [-0.2, -0.15) is 5.10 Å². The van der Waals surface area contributed by atoms with Crippen molar-refractivity contribution in [1.29, 1.82) is 0 Å². The van der Waals surface area contributed by atoms with E-state index in [0.717, 1.165) is 4.88 Å². The molecule has 0 bridgehead atoms. The third-order valence-electron chi connectivity index (χ3n) is 2.99. The Morgan fingerprint density at radius 3 is 2.87 bits per heavy atom. The van der Waals surface area contributed by atoms with Gasteiger partial charge in [0.05, 0.1) is 6.54 Å². The number of aromatic carboxylic acids is 1. The lowest BCUT2D eigenvalue weighted by molar-refractivity contribution is 0.0690. The van der Waals surface area contributed by atoms with Gasteiger partial charge < -0.3 is 10.4 Å². The van der Waals surface area contributed by atoms with E-state index in [1.807, 2.05) is 0 Å². The predicted octanol–water partition coefficient (Wildman–Crippen LogP) is 3.43. The predicted molar refractivity (Wildman–Crippen MR) is 84.9 cm³/mol. The summed E-state index contributed by atoms with van der Waals surface area (Å²) in [4.78, 5) is 15.7. The quantitative estimate of drug-likeness (QED) is 0.735.